The fraction of sp³-hybridized carbons (Fsp3) is 0.435. The standard InChI is InChI=1S/C23H29ClN2O3/c1-4-29-22-20(24)14-19(15-21(22)28-3)23(27)26-11-5-10-25(12-13-26)16-18-8-6-17(2)7-9-18/h6-9,14-15H,4-5,10-13,16H2,1-3H3. The number of methoxy groups -OCH3 is 1. The van der Waals surface area contributed by atoms with Crippen LogP contribution in [0.2, 0.25) is 5.02 Å². The number of hydrogen-bond donors (Lipinski definition) is 0. The Bertz CT molecular complexity index is 839. The van der Waals surface area contributed by atoms with Crippen molar-refractivity contribution >= 4 is 17.5 Å². The van der Waals surface area contributed by atoms with Crippen LogP contribution in [0.25, 0.3) is 0 Å². The van der Waals surface area contributed by atoms with Gasteiger partial charge in [-0.05, 0) is 38.0 Å². The SMILES string of the molecule is CCOc1c(Cl)cc(C(=O)N2CCCN(Cc3ccc(C)cc3)CC2)cc1OC. The largest absolute Gasteiger partial charge is 0.493 e. The quantitative estimate of drug-likeness (QED) is 0.699. The first-order valence-electron chi connectivity index (χ1n) is 10.1. The van der Waals surface area contributed by atoms with Crippen molar-refractivity contribution in [1.29, 1.82) is 0 Å². The second-order valence-corrected chi connectivity index (χ2v) is 7.74. The third-order valence-electron chi connectivity index (χ3n) is 5.17. The van der Waals surface area contributed by atoms with Crippen LogP contribution in [-0.2, 0) is 6.54 Å². The predicted molar refractivity (Wildman–Crippen MR) is 116 cm³/mol. The highest BCUT2D eigenvalue weighted by atomic mass is 35.5. The van der Waals surface area contributed by atoms with E-state index in [1.807, 2.05) is 11.8 Å². The van der Waals surface area contributed by atoms with E-state index < -0.39 is 0 Å². The molecule has 156 valence electrons. The van der Waals surface area contributed by atoms with Gasteiger partial charge >= 0.3 is 0 Å². The molecular weight excluding hydrogens is 388 g/mol. The Hall–Kier alpha value is -2.24. The highest BCUT2D eigenvalue weighted by Crippen LogP contribution is 2.36. The molecule has 1 amide bonds. The van der Waals surface area contributed by atoms with Crippen LogP contribution in [0.5, 0.6) is 11.5 Å². The number of halogens is 1. The predicted octanol–water partition coefficient (Wildman–Crippen LogP) is 4.40. The highest BCUT2D eigenvalue weighted by Gasteiger charge is 2.23. The minimum absolute atomic E-state index is 0.0227. The zero-order chi connectivity index (χ0) is 20.8. The summed E-state index contributed by atoms with van der Waals surface area (Å²) in [4.78, 5) is 17.4. The highest BCUT2D eigenvalue weighted by molar-refractivity contribution is 6.32. The molecule has 1 saturated heterocycles. The molecule has 1 fully saturated rings. The number of amides is 1. The van der Waals surface area contributed by atoms with E-state index in [0.29, 0.717) is 35.2 Å². The first-order chi connectivity index (χ1) is 14.0. The van der Waals surface area contributed by atoms with Crippen LogP contribution in [0, 0.1) is 6.92 Å². The van der Waals surface area contributed by atoms with E-state index >= 15 is 0 Å². The lowest BCUT2D eigenvalue weighted by Gasteiger charge is -2.23. The van der Waals surface area contributed by atoms with E-state index in [1.54, 1.807) is 19.2 Å². The average molecular weight is 417 g/mol. The second kappa shape index (κ2) is 9.99. The second-order valence-electron chi connectivity index (χ2n) is 7.33. The molecule has 0 aliphatic carbocycles. The maximum atomic E-state index is 13.1. The van der Waals surface area contributed by atoms with Gasteiger partial charge in [-0.2, -0.15) is 0 Å². The van der Waals surface area contributed by atoms with E-state index in [9.17, 15) is 4.79 Å². The summed E-state index contributed by atoms with van der Waals surface area (Å²) in [7, 11) is 1.55. The Kier molecular flexibility index (Phi) is 7.40. The molecule has 0 unspecified atom stereocenters. The number of carbonyl (C=O) groups is 1. The zero-order valence-electron chi connectivity index (χ0n) is 17.4. The number of carbonyl (C=O) groups excluding carboxylic acids is 1. The van der Waals surface area contributed by atoms with Gasteiger partial charge in [-0.3, -0.25) is 9.69 Å². The van der Waals surface area contributed by atoms with Crippen LogP contribution in [0.1, 0.15) is 34.8 Å². The van der Waals surface area contributed by atoms with Gasteiger partial charge in [0.2, 0.25) is 0 Å². The van der Waals surface area contributed by atoms with Crippen LogP contribution < -0.4 is 9.47 Å². The zero-order valence-corrected chi connectivity index (χ0v) is 18.2. The van der Waals surface area contributed by atoms with E-state index in [-0.39, 0.29) is 5.91 Å². The van der Waals surface area contributed by atoms with Crippen molar-refractivity contribution in [3.63, 3.8) is 0 Å². The molecule has 0 bridgehead atoms. The number of aryl methyl sites for hydroxylation is 1. The minimum Gasteiger partial charge on any atom is -0.493 e. The third kappa shape index (κ3) is 5.43. The van der Waals surface area contributed by atoms with Gasteiger partial charge in [0.1, 0.15) is 0 Å². The van der Waals surface area contributed by atoms with Crippen molar-refractivity contribution < 1.29 is 14.3 Å². The molecule has 1 aliphatic heterocycles. The molecule has 3 rings (SSSR count). The summed E-state index contributed by atoms with van der Waals surface area (Å²) in [6, 6.07) is 12.0. The molecule has 0 atom stereocenters. The molecule has 0 N–H and O–H groups in total. The molecule has 29 heavy (non-hydrogen) atoms. The molecule has 1 aliphatic rings. The van der Waals surface area contributed by atoms with Crippen LogP contribution in [0.4, 0.5) is 0 Å². The van der Waals surface area contributed by atoms with Crippen molar-refractivity contribution in [2.45, 2.75) is 26.8 Å². The smallest absolute Gasteiger partial charge is 0.254 e. The Labute approximate surface area is 178 Å². The molecule has 2 aromatic rings. The maximum absolute atomic E-state index is 13.1. The van der Waals surface area contributed by atoms with Crippen LogP contribution >= 0.6 is 11.6 Å². The van der Waals surface area contributed by atoms with Gasteiger partial charge in [0.15, 0.2) is 11.5 Å². The molecule has 6 heteroatoms. The van der Waals surface area contributed by atoms with Gasteiger partial charge in [0.25, 0.3) is 5.91 Å². The first kappa shape index (κ1) is 21.5. The lowest BCUT2D eigenvalue weighted by molar-refractivity contribution is 0.0760. The van der Waals surface area contributed by atoms with E-state index in [1.165, 1.54) is 11.1 Å². The number of benzene rings is 2. The molecule has 2 aromatic carbocycles. The molecule has 0 saturated carbocycles. The molecular formula is C23H29ClN2O3. The number of ether oxygens (including phenoxy) is 2. The summed E-state index contributed by atoms with van der Waals surface area (Å²) in [6.07, 6.45) is 0.944. The summed E-state index contributed by atoms with van der Waals surface area (Å²) in [5.74, 6) is 0.942. The minimum atomic E-state index is -0.0227. The van der Waals surface area contributed by atoms with Gasteiger partial charge < -0.3 is 14.4 Å². The van der Waals surface area contributed by atoms with Crippen molar-refractivity contribution in [3.8, 4) is 11.5 Å². The van der Waals surface area contributed by atoms with E-state index in [0.717, 1.165) is 32.6 Å². The van der Waals surface area contributed by atoms with E-state index in [4.69, 9.17) is 21.1 Å². The number of nitrogens with zero attached hydrogens (tertiary/aromatic N) is 2. The Balaban J connectivity index is 1.67. The normalized spacial score (nSPS) is 15.1. The lowest BCUT2D eigenvalue weighted by atomic mass is 10.1. The number of hydrogen-bond acceptors (Lipinski definition) is 4. The summed E-state index contributed by atoms with van der Waals surface area (Å²) in [5, 5.41) is 0.394. The summed E-state index contributed by atoms with van der Waals surface area (Å²) in [6.45, 7) is 8.62. The molecule has 0 aromatic heterocycles. The first-order valence-corrected chi connectivity index (χ1v) is 10.5. The Morgan fingerprint density at radius 3 is 2.55 bits per heavy atom. The third-order valence-corrected chi connectivity index (χ3v) is 5.45. The van der Waals surface area contributed by atoms with Crippen LogP contribution in [-0.4, -0.2) is 55.6 Å². The molecule has 1 heterocycles. The average Bonchev–Trinajstić information content (AvgIpc) is 2.96. The fourth-order valence-electron chi connectivity index (χ4n) is 3.59. The molecule has 0 radical (unpaired) electrons. The van der Waals surface area contributed by atoms with Gasteiger partial charge in [-0.25, -0.2) is 0 Å². The maximum Gasteiger partial charge on any atom is 0.254 e. The summed E-state index contributed by atoms with van der Waals surface area (Å²) < 4.78 is 10.9. The van der Waals surface area contributed by atoms with Gasteiger partial charge in [-0.1, -0.05) is 41.4 Å². The summed E-state index contributed by atoms with van der Waals surface area (Å²) in [5.41, 5.74) is 3.10. The lowest BCUT2D eigenvalue weighted by Crippen LogP contribution is -2.35. The van der Waals surface area contributed by atoms with Gasteiger partial charge in [-0.15, -0.1) is 0 Å². The Morgan fingerprint density at radius 2 is 1.86 bits per heavy atom. The van der Waals surface area contributed by atoms with Crippen molar-refractivity contribution in [3.05, 3.63) is 58.1 Å². The Morgan fingerprint density at radius 1 is 1.10 bits per heavy atom. The van der Waals surface area contributed by atoms with Crippen LogP contribution in [0.3, 0.4) is 0 Å². The van der Waals surface area contributed by atoms with Crippen molar-refractivity contribution in [2.24, 2.45) is 0 Å². The molecule has 0 spiro atoms. The van der Waals surface area contributed by atoms with Crippen molar-refractivity contribution in [2.75, 3.05) is 39.9 Å². The monoisotopic (exact) mass is 416 g/mol. The van der Waals surface area contributed by atoms with E-state index in [2.05, 4.69) is 36.1 Å². The van der Waals surface area contributed by atoms with Gasteiger partial charge in [0.05, 0.1) is 18.7 Å². The van der Waals surface area contributed by atoms with Gasteiger partial charge in [0, 0.05) is 38.3 Å². The number of rotatable bonds is 6. The van der Waals surface area contributed by atoms with Crippen LogP contribution in [0.15, 0.2) is 36.4 Å². The topological polar surface area (TPSA) is 42.0 Å². The van der Waals surface area contributed by atoms with Crippen molar-refractivity contribution in [1.82, 2.24) is 9.80 Å². The summed E-state index contributed by atoms with van der Waals surface area (Å²) >= 11 is 6.35. The fourth-order valence-corrected chi connectivity index (χ4v) is 3.86. The molecule has 5 nitrogen and oxygen atoms in total.